The van der Waals surface area contributed by atoms with E-state index in [4.69, 9.17) is 14.2 Å². The molecule has 46 heavy (non-hydrogen) atoms. The average Bonchev–Trinajstić information content (AvgIpc) is 3.10. The van der Waals surface area contributed by atoms with Crippen LogP contribution in [0.3, 0.4) is 0 Å². The van der Waals surface area contributed by atoms with Crippen LogP contribution in [0.4, 0.5) is 4.79 Å². The summed E-state index contributed by atoms with van der Waals surface area (Å²) in [6.07, 6.45) is 2.54. The lowest BCUT2D eigenvalue weighted by Gasteiger charge is -2.41. The van der Waals surface area contributed by atoms with Gasteiger partial charge in [0.2, 0.25) is 0 Å². The first kappa shape index (κ1) is 33.1. The highest BCUT2D eigenvalue weighted by Crippen LogP contribution is 2.43. The highest BCUT2D eigenvalue weighted by Gasteiger charge is 2.38. The van der Waals surface area contributed by atoms with Gasteiger partial charge in [0.25, 0.3) is 0 Å². The van der Waals surface area contributed by atoms with E-state index in [1.54, 1.807) is 37.1 Å². The van der Waals surface area contributed by atoms with Crippen molar-refractivity contribution in [2.45, 2.75) is 50.7 Å². The molecule has 0 aliphatic carbocycles. The Morgan fingerprint density at radius 3 is 2.35 bits per heavy atom. The molecule has 1 saturated heterocycles. The summed E-state index contributed by atoms with van der Waals surface area (Å²) < 4.78 is 18.0. The number of hydrogen-bond acceptors (Lipinski definition) is 9. The number of hydrogen-bond donors (Lipinski definition) is 3. The normalized spacial score (nSPS) is 19.3. The van der Waals surface area contributed by atoms with Crippen LogP contribution in [0, 0.1) is 5.92 Å². The Kier molecular flexibility index (Phi) is 11.7. The van der Waals surface area contributed by atoms with Gasteiger partial charge < -0.3 is 30.0 Å². The molecule has 4 aromatic rings. The lowest BCUT2D eigenvalue weighted by molar-refractivity contribution is -0.268. The highest BCUT2D eigenvalue weighted by molar-refractivity contribution is 7.99. The van der Waals surface area contributed by atoms with E-state index >= 15 is 0 Å². The van der Waals surface area contributed by atoms with Crippen LogP contribution in [-0.2, 0) is 32.2 Å². The minimum Gasteiger partial charge on any atom is -0.465 e. The third-order valence-electron chi connectivity index (χ3n) is 7.64. The molecule has 0 spiro atoms. The molecule has 0 radical (unpaired) electrons. The number of aromatic nitrogens is 2. The molecule has 0 bridgehead atoms. The zero-order chi connectivity index (χ0) is 32.3. The smallest absolute Gasteiger partial charge is 0.325 e. The first-order valence-electron chi connectivity index (χ1n) is 15.2. The number of esters is 1. The number of carbonyl (C=O) groups is 2. The van der Waals surface area contributed by atoms with Crippen LogP contribution in [0.1, 0.15) is 48.5 Å². The second-order valence-corrected chi connectivity index (χ2v) is 11.8. The van der Waals surface area contributed by atoms with E-state index in [1.807, 2.05) is 72.8 Å². The molecule has 1 aliphatic heterocycles. The molecule has 11 heteroatoms. The van der Waals surface area contributed by atoms with Gasteiger partial charge in [-0.3, -0.25) is 4.79 Å². The Morgan fingerprint density at radius 1 is 0.891 bits per heavy atom. The van der Waals surface area contributed by atoms with Crippen molar-refractivity contribution in [1.29, 1.82) is 0 Å². The zero-order valence-electron chi connectivity index (χ0n) is 25.8. The number of rotatable bonds is 12. The third-order valence-corrected chi connectivity index (χ3v) is 8.60. The van der Waals surface area contributed by atoms with E-state index in [9.17, 15) is 14.7 Å². The Morgan fingerprint density at radius 2 is 1.63 bits per heavy atom. The summed E-state index contributed by atoms with van der Waals surface area (Å²) >= 11 is 1.56. The fraction of sp³-hybridized carbons (Fsp3) is 0.314. The van der Waals surface area contributed by atoms with Gasteiger partial charge in [-0.25, -0.2) is 14.8 Å². The molecule has 3 aromatic carbocycles. The number of carbonyl (C=O) groups excluding carboxylic acids is 2. The Bertz CT molecular complexity index is 1570. The van der Waals surface area contributed by atoms with Gasteiger partial charge in [0, 0.05) is 36.2 Å². The fourth-order valence-corrected chi connectivity index (χ4v) is 6.10. The van der Waals surface area contributed by atoms with Gasteiger partial charge in [-0.05, 0) is 46.9 Å². The van der Waals surface area contributed by atoms with E-state index in [0.717, 1.165) is 33.4 Å². The number of urea groups is 1. The van der Waals surface area contributed by atoms with Crippen LogP contribution in [0.25, 0.3) is 11.1 Å². The van der Waals surface area contributed by atoms with Crippen LogP contribution in [0.15, 0.2) is 96.4 Å². The summed E-state index contributed by atoms with van der Waals surface area (Å²) in [6.45, 7) is 4.22. The van der Waals surface area contributed by atoms with Gasteiger partial charge in [-0.15, -0.1) is 0 Å². The van der Waals surface area contributed by atoms with Crippen molar-refractivity contribution in [3.05, 3.63) is 114 Å². The number of amides is 2. The van der Waals surface area contributed by atoms with Crippen molar-refractivity contribution >= 4 is 23.8 Å². The number of aliphatic hydroxyl groups is 1. The first-order valence-corrected chi connectivity index (χ1v) is 16.2. The van der Waals surface area contributed by atoms with Crippen molar-refractivity contribution in [3.63, 3.8) is 0 Å². The standard InChI is InChI=1S/C35H38N4O6S/c1-3-43-31(41)20-39-34(42)38-19-25-6-4-7-29(18-25)26-12-14-28(15-13-26)33-44-30(22-46-35-36-16-5-17-37-35)23(2)32(45-33)27-10-8-24(21-40)9-11-27/h4-18,23,30,32-33,40H,3,19-22H2,1-2H3,(H2,38,39,42). The van der Waals surface area contributed by atoms with Crippen molar-refractivity contribution in [1.82, 2.24) is 20.6 Å². The largest absolute Gasteiger partial charge is 0.465 e. The van der Waals surface area contributed by atoms with Crippen LogP contribution in [0.5, 0.6) is 0 Å². The summed E-state index contributed by atoms with van der Waals surface area (Å²) in [5.41, 5.74) is 5.69. The van der Waals surface area contributed by atoms with Crippen molar-refractivity contribution < 1.29 is 28.9 Å². The van der Waals surface area contributed by atoms with Gasteiger partial charge >= 0.3 is 12.0 Å². The van der Waals surface area contributed by atoms with E-state index in [2.05, 4.69) is 27.5 Å². The van der Waals surface area contributed by atoms with Gasteiger partial charge in [0.1, 0.15) is 6.54 Å². The molecule has 1 aliphatic rings. The van der Waals surface area contributed by atoms with Crippen LogP contribution < -0.4 is 10.6 Å². The molecule has 240 valence electrons. The predicted octanol–water partition coefficient (Wildman–Crippen LogP) is 5.58. The molecule has 10 nitrogen and oxygen atoms in total. The molecule has 2 heterocycles. The maximum Gasteiger partial charge on any atom is 0.325 e. The third kappa shape index (κ3) is 8.91. The van der Waals surface area contributed by atoms with Gasteiger partial charge in [0.15, 0.2) is 11.4 Å². The predicted molar refractivity (Wildman–Crippen MR) is 174 cm³/mol. The van der Waals surface area contributed by atoms with Crippen molar-refractivity contribution in [3.8, 4) is 11.1 Å². The van der Waals surface area contributed by atoms with Gasteiger partial charge in [-0.1, -0.05) is 85.4 Å². The van der Waals surface area contributed by atoms with Crippen molar-refractivity contribution in [2.24, 2.45) is 5.92 Å². The Hall–Kier alpha value is -4.29. The summed E-state index contributed by atoms with van der Waals surface area (Å²) in [6, 6.07) is 25.2. The van der Waals surface area contributed by atoms with E-state index in [1.165, 1.54) is 0 Å². The minimum absolute atomic E-state index is 0.0122. The van der Waals surface area contributed by atoms with E-state index in [-0.39, 0.29) is 37.9 Å². The fourth-order valence-electron chi connectivity index (χ4n) is 5.13. The topological polar surface area (TPSA) is 132 Å². The monoisotopic (exact) mass is 642 g/mol. The van der Waals surface area contributed by atoms with Crippen LogP contribution in [-0.4, -0.2) is 52.1 Å². The van der Waals surface area contributed by atoms with E-state index in [0.29, 0.717) is 17.5 Å². The Labute approximate surface area is 272 Å². The highest BCUT2D eigenvalue weighted by atomic mass is 32.2. The zero-order valence-corrected chi connectivity index (χ0v) is 26.6. The van der Waals surface area contributed by atoms with Gasteiger partial charge in [-0.2, -0.15) is 0 Å². The molecule has 4 unspecified atom stereocenters. The molecule has 0 saturated carbocycles. The summed E-state index contributed by atoms with van der Waals surface area (Å²) in [5, 5.41) is 15.5. The summed E-state index contributed by atoms with van der Waals surface area (Å²) in [4.78, 5) is 32.3. The summed E-state index contributed by atoms with van der Waals surface area (Å²) in [7, 11) is 0. The molecule has 1 fully saturated rings. The van der Waals surface area contributed by atoms with Crippen LogP contribution in [0.2, 0.25) is 0 Å². The number of thioether (sulfide) groups is 1. The maximum atomic E-state index is 12.1. The average molecular weight is 643 g/mol. The number of nitrogens with one attached hydrogen (secondary N) is 2. The van der Waals surface area contributed by atoms with E-state index < -0.39 is 18.3 Å². The molecule has 3 N–H and O–H groups in total. The lowest BCUT2D eigenvalue weighted by Crippen LogP contribution is -2.38. The quantitative estimate of drug-likeness (QED) is 0.103. The van der Waals surface area contributed by atoms with Gasteiger partial charge in [0.05, 0.1) is 25.4 Å². The first-order chi connectivity index (χ1) is 22.4. The molecule has 4 atom stereocenters. The second kappa shape index (κ2) is 16.3. The molecule has 5 rings (SSSR count). The van der Waals surface area contributed by atoms with Crippen LogP contribution >= 0.6 is 11.8 Å². The minimum atomic E-state index is -0.585. The number of aliphatic hydroxyl groups excluding tert-OH is 1. The van der Waals surface area contributed by atoms with Crippen molar-refractivity contribution in [2.75, 3.05) is 18.9 Å². The number of ether oxygens (including phenoxy) is 3. The maximum absolute atomic E-state index is 12.1. The number of benzene rings is 3. The molecular weight excluding hydrogens is 604 g/mol. The second-order valence-electron chi connectivity index (χ2n) is 10.8. The molecule has 2 amide bonds. The summed E-state index contributed by atoms with van der Waals surface area (Å²) in [5.74, 6) is 0.232. The Balaban J connectivity index is 1.27. The SMILES string of the molecule is CCOC(=O)CNC(=O)NCc1cccc(-c2ccc(C3OC(CSc4ncccn4)C(C)C(c4ccc(CO)cc4)O3)cc2)c1. The molecule has 1 aromatic heterocycles. The lowest BCUT2D eigenvalue weighted by atomic mass is 9.91. The molecular formula is C35H38N4O6S. The number of nitrogens with zero attached hydrogens (tertiary/aromatic N) is 2.